The third kappa shape index (κ3) is 5.61. The molecule has 112 valence electrons. The molecule has 21 heavy (non-hydrogen) atoms. The second kappa shape index (κ2) is 8.00. The van der Waals surface area contributed by atoms with Crippen molar-refractivity contribution in [1.82, 2.24) is 15.7 Å². The van der Waals surface area contributed by atoms with E-state index in [0.29, 0.717) is 16.6 Å². The lowest BCUT2D eigenvalue weighted by Crippen LogP contribution is -2.30. The summed E-state index contributed by atoms with van der Waals surface area (Å²) < 4.78 is 0. The van der Waals surface area contributed by atoms with Gasteiger partial charge in [-0.3, -0.25) is 5.43 Å². The van der Waals surface area contributed by atoms with Crippen LogP contribution in [0, 0.1) is 0 Å². The first-order valence-corrected chi connectivity index (χ1v) is 6.47. The molecule has 1 unspecified atom stereocenters. The number of carbonyl (C=O) groups is 1. The molecule has 0 saturated carbocycles. The van der Waals surface area contributed by atoms with E-state index >= 15 is 0 Å². The summed E-state index contributed by atoms with van der Waals surface area (Å²) in [7, 11) is 1.69. The third-order valence-corrected chi connectivity index (χ3v) is 2.79. The van der Waals surface area contributed by atoms with Crippen LogP contribution in [-0.2, 0) is 0 Å². The molecule has 1 heterocycles. The van der Waals surface area contributed by atoms with Gasteiger partial charge in [0.2, 0.25) is 0 Å². The van der Waals surface area contributed by atoms with Gasteiger partial charge in [-0.1, -0.05) is 0 Å². The maximum absolute atomic E-state index is 10.7. The molecule has 1 aromatic rings. The number of carboxylic acid groups (broad SMARTS) is 1. The van der Waals surface area contributed by atoms with E-state index in [1.807, 2.05) is 6.92 Å². The van der Waals surface area contributed by atoms with E-state index in [2.05, 4.69) is 31.1 Å². The molecule has 0 aliphatic rings. The number of carboxylic acids is 1. The van der Waals surface area contributed by atoms with Gasteiger partial charge in [0.1, 0.15) is 6.04 Å². The first-order chi connectivity index (χ1) is 9.93. The fourth-order valence-electron chi connectivity index (χ4n) is 1.09. The van der Waals surface area contributed by atoms with E-state index in [1.165, 1.54) is 18.3 Å². The van der Waals surface area contributed by atoms with Crippen molar-refractivity contribution in [3.63, 3.8) is 0 Å². The molecule has 0 amide bonds. The molecule has 0 spiro atoms. The van der Waals surface area contributed by atoms with Crippen LogP contribution in [-0.4, -0.2) is 40.0 Å². The fourth-order valence-corrected chi connectivity index (χ4v) is 1.13. The number of pyridine rings is 1. The summed E-state index contributed by atoms with van der Waals surface area (Å²) in [6.45, 7) is 3.61. The molecule has 9 heteroatoms. The van der Waals surface area contributed by atoms with Crippen LogP contribution in [0.15, 0.2) is 33.7 Å². The molecular formula is C12H16N6O2S. The highest BCUT2D eigenvalue weighted by molar-refractivity contribution is 7.80. The normalized spacial score (nSPS) is 13.0. The summed E-state index contributed by atoms with van der Waals surface area (Å²) in [6.07, 6.45) is 1.23. The Labute approximate surface area is 127 Å². The lowest BCUT2D eigenvalue weighted by atomic mass is 10.2. The van der Waals surface area contributed by atoms with Crippen molar-refractivity contribution < 1.29 is 9.90 Å². The van der Waals surface area contributed by atoms with Gasteiger partial charge in [-0.2, -0.15) is 10.2 Å². The predicted octanol–water partition coefficient (Wildman–Crippen LogP) is 1.72. The second-order valence-electron chi connectivity index (χ2n) is 4.05. The number of nitrogens with one attached hydrogen (secondary N) is 2. The Bertz CT molecular complexity index is 570. The van der Waals surface area contributed by atoms with Crippen molar-refractivity contribution in [2.24, 2.45) is 15.3 Å². The summed E-state index contributed by atoms with van der Waals surface area (Å²) in [4.78, 5) is 14.6. The Morgan fingerprint density at radius 1 is 1.48 bits per heavy atom. The molecule has 0 aliphatic heterocycles. The van der Waals surface area contributed by atoms with Gasteiger partial charge in [-0.25, -0.2) is 9.78 Å². The first kappa shape index (κ1) is 16.6. The van der Waals surface area contributed by atoms with E-state index in [-0.39, 0.29) is 11.6 Å². The average Bonchev–Trinajstić information content (AvgIpc) is 2.50. The molecule has 0 fully saturated rings. The number of hydrazone groups is 1. The van der Waals surface area contributed by atoms with Crippen molar-refractivity contribution in [1.29, 1.82) is 0 Å². The van der Waals surface area contributed by atoms with Crippen molar-refractivity contribution in [2.75, 3.05) is 7.05 Å². The molecule has 1 aromatic heterocycles. The Kier molecular flexibility index (Phi) is 6.34. The zero-order valence-electron chi connectivity index (χ0n) is 11.9. The number of azo groups is 1. The summed E-state index contributed by atoms with van der Waals surface area (Å²) in [6, 6.07) is 2.64. The van der Waals surface area contributed by atoms with Crippen LogP contribution in [0.25, 0.3) is 0 Å². The number of rotatable bonds is 5. The highest BCUT2D eigenvalue weighted by atomic mass is 32.1. The first-order valence-electron chi connectivity index (χ1n) is 6.06. The summed E-state index contributed by atoms with van der Waals surface area (Å²) in [5.74, 6) is -0.702. The number of aromatic carboxylic acids is 1. The summed E-state index contributed by atoms with van der Waals surface area (Å²) in [5, 5.41) is 23.9. The quantitative estimate of drug-likeness (QED) is 0.330. The van der Waals surface area contributed by atoms with Gasteiger partial charge in [0.15, 0.2) is 10.9 Å². The Morgan fingerprint density at radius 3 is 2.71 bits per heavy atom. The van der Waals surface area contributed by atoms with Gasteiger partial charge in [0.05, 0.1) is 11.3 Å². The Hall–Kier alpha value is -2.42. The Balaban J connectivity index is 2.66. The topological polar surface area (TPSA) is 111 Å². The molecule has 0 aliphatic carbocycles. The molecule has 0 radical (unpaired) electrons. The molecule has 1 rings (SSSR count). The molecule has 0 bridgehead atoms. The van der Waals surface area contributed by atoms with Crippen molar-refractivity contribution >= 4 is 34.8 Å². The van der Waals surface area contributed by atoms with Crippen molar-refractivity contribution in [3.05, 3.63) is 23.9 Å². The van der Waals surface area contributed by atoms with Crippen molar-refractivity contribution in [3.8, 4) is 0 Å². The van der Waals surface area contributed by atoms with Crippen LogP contribution >= 0.6 is 12.2 Å². The van der Waals surface area contributed by atoms with Crippen LogP contribution in [0.4, 0.5) is 5.82 Å². The highest BCUT2D eigenvalue weighted by Gasteiger charge is 2.05. The molecule has 8 nitrogen and oxygen atoms in total. The largest absolute Gasteiger partial charge is 0.478 e. The lowest BCUT2D eigenvalue weighted by Gasteiger charge is -2.06. The second-order valence-corrected chi connectivity index (χ2v) is 4.45. The molecular weight excluding hydrogens is 292 g/mol. The molecule has 0 saturated heterocycles. The van der Waals surface area contributed by atoms with Crippen LogP contribution < -0.4 is 10.7 Å². The van der Waals surface area contributed by atoms with Crippen LogP contribution in [0.1, 0.15) is 24.2 Å². The maximum Gasteiger partial charge on any atom is 0.337 e. The average molecular weight is 308 g/mol. The van der Waals surface area contributed by atoms with Gasteiger partial charge in [-0.05, 0) is 38.2 Å². The van der Waals surface area contributed by atoms with Gasteiger partial charge in [0, 0.05) is 13.2 Å². The predicted molar refractivity (Wildman–Crippen MR) is 83.1 cm³/mol. The van der Waals surface area contributed by atoms with E-state index in [1.54, 1.807) is 14.0 Å². The monoisotopic (exact) mass is 308 g/mol. The molecule has 1 atom stereocenters. The summed E-state index contributed by atoms with van der Waals surface area (Å²) in [5.41, 5.74) is 3.45. The van der Waals surface area contributed by atoms with Crippen LogP contribution in [0.3, 0.4) is 0 Å². The fraction of sp³-hybridized carbons (Fsp3) is 0.333. The number of thiocarbonyl (C=S) groups is 1. The minimum atomic E-state index is -1.03. The van der Waals surface area contributed by atoms with E-state index in [9.17, 15) is 4.79 Å². The molecule has 0 aromatic carbocycles. The standard InChI is InChI=1S/C12H16N6O2S/c1-7(8(2)16-18-12(21)13-3)15-17-10-5-4-9(6-14-10)11(19)20/h4-7H,1-3H3,(H,19,20)(H2,13,18,21)/b16-8-,17-15?. The number of hydrogen-bond donors (Lipinski definition) is 3. The SMILES string of the molecule is CNC(=S)N/N=C(/C)C(C)N=Nc1ccc(C(=O)O)cn1. The van der Waals surface area contributed by atoms with E-state index in [4.69, 9.17) is 17.3 Å². The van der Waals surface area contributed by atoms with Crippen molar-refractivity contribution in [2.45, 2.75) is 19.9 Å². The maximum atomic E-state index is 10.7. The van der Waals surface area contributed by atoms with Crippen LogP contribution in [0.2, 0.25) is 0 Å². The summed E-state index contributed by atoms with van der Waals surface area (Å²) >= 11 is 4.89. The lowest BCUT2D eigenvalue weighted by molar-refractivity contribution is 0.0696. The van der Waals surface area contributed by atoms with Crippen LogP contribution in [0.5, 0.6) is 0 Å². The smallest absolute Gasteiger partial charge is 0.337 e. The van der Waals surface area contributed by atoms with E-state index in [0.717, 1.165) is 0 Å². The Morgan fingerprint density at radius 2 is 2.19 bits per heavy atom. The van der Waals surface area contributed by atoms with E-state index < -0.39 is 5.97 Å². The van der Waals surface area contributed by atoms with Gasteiger partial charge < -0.3 is 10.4 Å². The van der Waals surface area contributed by atoms with Gasteiger partial charge >= 0.3 is 5.97 Å². The zero-order chi connectivity index (χ0) is 15.8. The highest BCUT2D eigenvalue weighted by Crippen LogP contribution is 2.10. The third-order valence-electron chi connectivity index (χ3n) is 2.49. The number of hydrogen-bond acceptors (Lipinski definition) is 6. The number of aromatic nitrogens is 1. The number of nitrogens with zero attached hydrogens (tertiary/aromatic N) is 4. The zero-order valence-corrected chi connectivity index (χ0v) is 12.7. The molecule has 3 N–H and O–H groups in total. The minimum Gasteiger partial charge on any atom is -0.478 e. The van der Waals surface area contributed by atoms with Gasteiger partial charge in [0.25, 0.3) is 0 Å². The van der Waals surface area contributed by atoms with Gasteiger partial charge in [-0.15, -0.1) is 5.11 Å². The minimum absolute atomic E-state index is 0.101.